The maximum atomic E-state index is 11.1. The number of hydrogen-bond donors (Lipinski definition) is 1. The topological polar surface area (TPSA) is 49.8 Å². The largest absolute Gasteiger partial charge is 0.493 e. The zero-order valence-electron chi connectivity index (χ0n) is 12.5. The second-order valence-corrected chi connectivity index (χ2v) is 6.20. The lowest BCUT2D eigenvalue weighted by Gasteiger charge is -2.36. The van der Waals surface area contributed by atoms with Gasteiger partial charge in [-0.2, -0.15) is 0 Å². The molecule has 0 saturated carbocycles. The van der Waals surface area contributed by atoms with E-state index in [1.807, 2.05) is 0 Å². The molecule has 2 aliphatic rings. The lowest BCUT2D eigenvalue weighted by atomic mass is 9.92. The van der Waals surface area contributed by atoms with Gasteiger partial charge in [0.1, 0.15) is 5.75 Å². The molecule has 1 aromatic rings. The molecular formula is C17H23NO3. The number of likely N-dealkylation sites (tertiary alicyclic amines) is 1. The summed E-state index contributed by atoms with van der Waals surface area (Å²) in [5.74, 6) is 0.193. The van der Waals surface area contributed by atoms with E-state index in [1.165, 1.54) is 11.1 Å². The maximum Gasteiger partial charge on any atom is 0.306 e. The summed E-state index contributed by atoms with van der Waals surface area (Å²) < 4.78 is 5.86. The summed E-state index contributed by atoms with van der Waals surface area (Å²) in [4.78, 5) is 13.5. The molecule has 0 bridgehead atoms. The van der Waals surface area contributed by atoms with Crippen molar-refractivity contribution in [1.29, 1.82) is 0 Å². The van der Waals surface area contributed by atoms with Crippen molar-refractivity contribution in [3.05, 3.63) is 29.3 Å². The number of hydrogen-bond acceptors (Lipinski definition) is 3. The number of fused-ring (bicyclic) bond motifs is 1. The molecule has 4 nitrogen and oxygen atoms in total. The van der Waals surface area contributed by atoms with Crippen LogP contribution in [0.3, 0.4) is 0 Å². The number of aryl methyl sites for hydroxylation is 1. The fourth-order valence-electron chi connectivity index (χ4n) is 3.51. The first-order valence-electron chi connectivity index (χ1n) is 7.85. The Morgan fingerprint density at radius 2 is 2.05 bits per heavy atom. The van der Waals surface area contributed by atoms with Crippen molar-refractivity contribution < 1.29 is 14.6 Å². The van der Waals surface area contributed by atoms with Gasteiger partial charge in [0.25, 0.3) is 0 Å². The number of rotatable bonds is 2. The Labute approximate surface area is 125 Å². The molecule has 1 unspecified atom stereocenters. The normalized spacial score (nSPS) is 24.0. The second kappa shape index (κ2) is 6.06. The van der Waals surface area contributed by atoms with E-state index in [2.05, 4.69) is 30.0 Å². The molecule has 1 saturated heterocycles. The zero-order chi connectivity index (χ0) is 14.8. The van der Waals surface area contributed by atoms with Crippen LogP contribution in [0.2, 0.25) is 0 Å². The SMILES string of the molecule is Cc1ccc2c(c1)C(N1CCC(C(=O)O)CC1)CCCO2. The zero-order valence-corrected chi connectivity index (χ0v) is 12.5. The van der Waals surface area contributed by atoms with E-state index < -0.39 is 5.97 Å². The molecular weight excluding hydrogens is 266 g/mol. The minimum Gasteiger partial charge on any atom is -0.493 e. The molecule has 0 radical (unpaired) electrons. The first-order chi connectivity index (χ1) is 10.1. The molecule has 2 heterocycles. The van der Waals surface area contributed by atoms with Gasteiger partial charge >= 0.3 is 5.97 Å². The Kier molecular flexibility index (Phi) is 4.15. The second-order valence-electron chi connectivity index (χ2n) is 6.20. The van der Waals surface area contributed by atoms with Crippen LogP contribution in [0.25, 0.3) is 0 Å². The predicted octanol–water partition coefficient (Wildman–Crippen LogP) is 3.01. The van der Waals surface area contributed by atoms with E-state index in [0.717, 1.165) is 51.1 Å². The van der Waals surface area contributed by atoms with Crippen LogP contribution in [-0.4, -0.2) is 35.7 Å². The van der Waals surface area contributed by atoms with Crippen LogP contribution in [0.15, 0.2) is 18.2 Å². The Balaban J connectivity index is 1.80. The summed E-state index contributed by atoms with van der Waals surface area (Å²) in [7, 11) is 0. The number of benzene rings is 1. The summed E-state index contributed by atoms with van der Waals surface area (Å²) in [5, 5.41) is 9.14. The number of aliphatic carboxylic acids is 1. The molecule has 1 aromatic carbocycles. The number of carboxylic acids is 1. The van der Waals surface area contributed by atoms with Gasteiger partial charge in [0.2, 0.25) is 0 Å². The molecule has 0 amide bonds. The van der Waals surface area contributed by atoms with Gasteiger partial charge in [0.05, 0.1) is 12.5 Å². The predicted molar refractivity (Wildman–Crippen MR) is 80.6 cm³/mol. The summed E-state index contributed by atoms with van der Waals surface area (Å²) in [6.45, 7) is 4.63. The first-order valence-corrected chi connectivity index (χ1v) is 7.85. The molecule has 21 heavy (non-hydrogen) atoms. The fraction of sp³-hybridized carbons (Fsp3) is 0.588. The Morgan fingerprint density at radius 1 is 1.29 bits per heavy atom. The summed E-state index contributed by atoms with van der Waals surface area (Å²) >= 11 is 0. The highest BCUT2D eigenvalue weighted by Gasteiger charge is 2.31. The third kappa shape index (κ3) is 3.05. The molecule has 0 spiro atoms. The third-order valence-corrected chi connectivity index (χ3v) is 4.72. The summed E-state index contributed by atoms with van der Waals surface area (Å²) in [5.41, 5.74) is 2.53. The van der Waals surface area contributed by atoms with Crippen molar-refractivity contribution in [2.24, 2.45) is 5.92 Å². The van der Waals surface area contributed by atoms with Gasteiger partial charge in [-0.25, -0.2) is 0 Å². The van der Waals surface area contributed by atoms with Gasteiger partial charge in [-0.3, -0.25) is 9.69 Å². The Morgan fingerprint density at radius 3 is 2.76 bits per heavy atom. The summed E-state index contributed by atoms with van der Waals surface area (Å²) in [6, 6.07) is 6.77. The Bertz CT molecular complexity index is 521. The smallest absolute Gasteiger partial charge is 0.306 e. The quantitative estimate of drug-likeness (QED) is 0.909. The fourth-order valence-corrected chi connectivity index (χ4v) is 3.51. The number of carbonyl (C=O) groups is 1. The lowest BCUT2D eigenvalue weighted by molar-refractivity contribution is -0.143. The van der Waals surface area contributed by atoms with Crippen LogP contribution in [-0.2, 0) is 4.79 Å². The van der Waals surface area contributed by atoms with Crippen LogP contribution in [0, 0.1) is 12.8 Å². The molecule has 0 aliphatic carbocycles. The van der Waals surface area contributed by atoms with Crippen molar-refractivity contribution in [2.75, 3.05) is 19.7 Å². The van der Waals surface area contributed by atoms with E-state index in [1.54, 1.807) is 0 Å². The standard InChI is InChI=1S/C17H23NO3/c1-12-4-5-16-14(11-12)15(3-2-10-21-16)18-8-6-13(7-9-18)17(19)20/h4-5,11,13,15H,2-3,6-10H2,1H3,(H,19,20). The van der Waals surface area contributed by atoms with Crippen molar-refractivity contribution in [2.45, 2.75) is 38.6 Å². The molecule has 0 aromatic heterocycles. The third-order valence-electron chi connectivity index (χ3n) is 4.72. The van der Waals surface area contributed by atoms with Gasteiger partial charge in [-0.05, 0) is 51.8 Å². The van der Waals surface area contributed by atoms with Gasteiger partial charge in [0, 0.05) is 11.6 Å². The van der Waals surface area contributed by atoms with Crippen molar-refractivity contribution >= 4 is 5.97 Å². The average molecular weight is 289 g/mol. The highest BCUT2D eigenvalue weighted by Crippen LogP contribution is 2.37. The lowest BCUT2D eigenvalue weighted by Crippen LogP contribution is -2.38. The Hall–Kier alpha value is -1.55. The monoisotopic (exact) mass is 289 g/mol. The highest BCUT2D eigenvalue weighted by atomic mass is 16.5. The van der Waals surface area contributed by atoms with Crippen LogP contribution in [0.4, 0.5) is 0 Å². The van der Waals surface area contributed by atoms with Crippen molar-refractivity contribution in [1.82, 2.24) is 4.90 Å². The number of nitrogens with zero attached hydrogens (tertiary/aromatic N) is 1. The van der Waals surface area contributed by atoms with Crippen LogP contribution in [0.5, 0.6) is 5.75 Å². The number of ether oxygens (including phenoxy) is 1. The summed E-state index contributed by atoms with van der Waals surface area (Å²) in [6.07, 6.45) is 3.66. The minimum atomic E-state index is -0.643. The molecule has 2 aliphatic heterocycles. The average Bonchev–Trinajstić information content (AvgIpc) is 2.69. The van der Waals surface area contributed by atoms with E-state index in [9.17, 15) is 4.79 Å². The van der Waals surface area contributed by atoms with Crippen molar-refractivity contribution in [3.8, 4) is 5.75 Å². The van der Waals surface area contributed by atoms with Gasteiger partial charge in [0.15, 0.2) is 0 Å². The molecule has 3 rings (SSSR count). The van der Waals surface area contributed by atoms with E-state index in [0.29, 0.717) is 6.04 Å². The highest BCUT2D eigenvalue weighted by molar-refractivity contribution is 5.70. The van der Waals surface area contributed by atoms with E-state index in [-0.39, 0.29) is 5.92 Å². The van der Waals surface area contributed by atoms with Crippen LogP contribution in [0.1, 0.15) is 42.9 Å². The van der Waals surface area contributed by atoms with E-state index >= 15 is 0 Å². The number of piperidine rings is 1. The van der Waals surface area contributed by atoms with Gasteiger partial charge in [-0.1, -0.05) is 17.7 Å². The molecule has 114 valence electrons. The molecule has 4 heteroatoms. The minimum absolute atomic E-state index is 0.166. The van der Waals surface area contributed by atoms with Crippen LogP contribution < -0.4 is 4.74 Å². The number of carboxylic acid groups (broad SMARTS) is 1. The van der Waals surface area contributed by atoms with Gasteiger partial charge < -0.3 is 9.84 Å². The first kappa shape index (κ1) is 14.4. The molecule has 1 atom stereocenters. The van der Waals surface area contributed by atoms with Gasteiger partial charge in [-0.15, -0.1) is 0 Å². The molecule has 1 N–H and O–H groups in total. The van der Waals surface area contributed by atoms with E-state index in [4.69, 9.17) is 9.84 Å². The maximum absolute atomic E-state index is 11.1. The molecule has 1 fully saturated rings. The van der Waals surface area contributed by atoms with Crippen LogP contribution >= 0.6 is 0 Å². The van der Waals surface area contributed by atoms with Crippen molar-refractivity contribution in [3.63, 3.8) is 0 Å².